The Bertz CT molecular complexity index is 1200. The van der Waals surface area contributed by atoms with E-state index in [0.29, 0.717) is 25.8 Å². The molecule has 2 amide bonds. The van der Waals surface area contributed by atoms with Crippen molar-refractivity contribution in [2.75, 3.05) is 25.1 Å². The second-order valence-electron chi connectivity index (χ2n) is 9.69. The van der Waals surface area contributed by atoms with Gasteiger partial charge < -0.3 is 20.3 Å². The molecule has 8 nitrogen and oxygen atoms in total. The molecule has 0 spiro atoms. The Hall–Kier alpha value is -3.90. The molecular weight excluding hydrogens is 506 g/mol. The molecule has 2 aromatic rings. The van der Waals surface area contributed by atoms with Crippen molar-refractivity contribution in [3.05, 3.63) is 89.0 Å². The number of hydrogen-bond donors (Lipinski definition) is 3. The number of para-hydroxylation sites is 1. The first kappa shape index (κ1) is 30.6. The van der Waals surface area contributed by atoms with Gasteiger partial charge >= 0.3 is 0 Å². The van der Waals surface area contributed by atoms with Crippen LogP contribution in [0.1, 0.15) is 37.0 Å². The van der Waals surface area contributed by atoms with Gasteiger partial charge in [0.05, 0.1) is 19.3 Å². The van der Waals surface area contributed by atoms with Crippen LogP contribution in [0.2, 0.25) is 0 Å². The predicted octanol–water partition coefficient (Wildman–Crippen LogP) is 4.13. The molecule has 0 bridgehead atoms. The molecule has 0 aliphatic carbocycles. The van der Waals surface area contributed by atoms with Crippen molar-refractivity contribution in [3.8, 4) is 12.3 Å². The summed E-state index contributed by atoms with van der Waals surface area (Å²) in [6.07, 6.45) is 12.7. The maximum Gasteiger partial charge on any atom is 0.248 e. The lowest BCUT2D eigenvalue weighted by molar-refractivity contribution is -0.244. The summed E-state index contributed by atoms with van der Waals surface area (Å²) in [7, 11) is 0. The highest BCUT2D eigenvalue weighted by molar-refractivity contribution is 5.85. The SMILES string of the molecule is C#C/C=C\C(=C/C)COC(C)C(NC=O)C(=O)N1Cc2ccccc2C[C@@H]1CCOO.c1ccc2c(c1)CCN2. The highest BCUT2D eigenvalue weighted by Crippen LogP contribution is 2.26. The minimum Gasteiger partial charge on any atom is -0.384 e. The Labute approximate surface area is 237 Å². The van der Waals surface area contributed by atoms with Gasteiger partial charge in [0.25, 0.3) is 0 Å². The van der Waals surface area contributed by atoms with E-state index < -0.39 is 12.1 Å². The fourth-order valence-corrected chi connectivity index (χ4v) is 4.90. The van der Waals surface area contributed by atoms with Crippen LogP contribution in [0.3, 0.4) is 0 Å². The van der Waals surface area contributed by atoms with Gasteiger partial charge in [0.15, 0.2) is 0 Å². The molecule has 2 unspecified atom stereocenters. The van der Waals surface area contributed by atoms with Crippen LogP contribution in [0.25, 0.3) is 0 Å². The van der Waals surface area contributed by atoms with E-state index in [0.717, 1.165) is 23.2 Å². The van der Waals surface area contributed by atoms with Gasteiger partial charge in [-0.1, -0.05) is 54.5 Å². The summed E-state index contributed by atoms with van der Waals surface area (Å²) in [6.45, 7) is 5.51. The van der Waals surface area contributed by atoms with Crippen LogP contribution >= 0.6 is 0 Å². The molecule has 0 saturated carbocycles. The van der Waals surface area contributed by atoms with E-state index in [1.807, 2.05) is 37.3 Å². The van der Waals surface area contributed by atoms with Crippen LogP contribution in [0.15, 0.2) is 72.3 Å². The van der Waals surface area contributed by atoms with Gasteiger partial charge in [0.2, 0.25) is 12.3 Å². The summed E-state index contributed by atoms with van der Waals surface area (Å²) in [4.78, 5) is 30.7. The molecule has 8 heteroatoms. The number of carbonyl (C=O) groups is 2. The molecule has 0 radical (unpaired) electrons. The van der Waals surface area contributed by atoms with Gasteiger partial charge in [-0.25, -0.2) is 4.89 Å². The zero-order valence-corrected chi connectivity index (χ0v) is 23.2. The maximum absolute atomic E-state index is 13.5. The molecule has 0 fully saturated rings. The number of anilines is 1. The van der Waals surface area contributed by atoms with E-state index in [1.165, 1.54) is 17.7 Å². The monoisotopic (exact) mass is 545 g/mol. The molecule has 0 saturated heterocycles. The highest BCUT2D eigenvalue weighted by Gasteiger charge is 2.36. The Morgan fingerprint density at radius 3 is 2.62 bits per heavy atom. The van der Waals surface area contributed by atoms with Gasteiger partial charge in [-0.3, -0.25) is 14.8 Å². The molecule has 2 heterocycles. The van der Waals surface area contributed by atoms with Crippen LogP contribution in [0, 0.1) is 12.3 Å². The van der Waals surface area contributed by atoms with E-state index in [4.69, 9.17) is 16.4 Å². The van der Waals surface area contributed by atoms with Gasteiger partial charge in [0, 0.05) is 24.8 Å². The lowest BCUT2D eigenvalue weighted by Gasteiger charge is -2.39. The smallest absolute Gasteiger partial charge is 0.248 e. The average Bonchev–Trinajstić information content (AvgIpc) is 3.47. The quantitative estimate of drug-likeness (QED) is 0.129. The number of nitrogens with one attached hydrogen (secondary N) is 2. The zero-order chi connectivity index (χ0) is 28.7. The van der Waals surface area contributed by atoms with Crippen molar-refractivity contribution >= 4 is 18.0 Å². The summed E-state index contributed by atoms with van der Waals surface area (Å²) in [5, 5.41) is 14.7. The third-order valence-corrected chi connectivity index (χ3v) is 7.17. The third kappa shape index (κ3) is 8.55. The number of terminal acetylenes is 1. The summed E-state index contributed by atoms with van der Waals surface area (Å²) in [6, 6.07) is 15.4. The average molecular weight is 546 g/mol. The first-order valence-corrected chi connectivity index (χ1v) is 13.6. The molecule has 212 valence electrons. The van der Waals surface area contributed by atoms with Crippen LogP contribution in [0.4, 0.5) is 5.69 Å². The number of nitrogens with zero attached hydrogens (tertiary/aromatic N) is 1. The first-order chi connectivity index (χ1) is 19.5. The topological polar surface area (TPSA) is 100 Å². The number of amides is 2. The fourth-order valence-electron chi connectivity index (χ4n) is 4.90. The van der Waals surface area contributed by atoms with Crippen LogP contribution in [-0.2, 0) is 38.6 Å². The Morgan fingerprint density at radius 2 is 1.95 bits per heavy atom. The molecule has 0 aromatic heterocycles. The molecule has 4 rings (SSSR count). The van der Waals surface area contributed by atoms with Crippen molar-refractivity contribution in [1.82, 2.24) is 10.2 Å². The maximum atomic E-state index is 13.5. The molecule has 3 N–H and O–H groups in total. The second kappa shape index (κ2) is 16.3. The predicted molar refractivity (Wildman–Crippen MR) is 156 cm³/mol. The van der Waals surface area contributed by atoms with Crippen molar-refractivity contribution < 1.29 is 24.5 Å². The van der Waals surface area contributed by atoms with E-state index >= 15 is 0 Å². The molecular formula is C32H39N3O5. The minimum absolute atomic E-state index is 0.112. The number of hydrogen-bond acceptors (Lipinski definition) is 6. The van der Waals surface area contributed by atoms with E-state index in [1.54, 1.807) is 24.0 Å². The number of fused-ring (bicyclic) bond motifs is 2. The highest BCUT2D eigenvalue weighted by atomic mass is 17.1. The van der Waals surface area contributed by atoms with E-state index in [-0.39, 0.29) is 25.2 Å². The van der Waals surface area contributed by atoms with Crippen LogP contribution < -0.4 is 10.6 Å². The second-order valence-corrected chi connectivity index (χ2v) is 9.69. The summed E-state index contributed by atoms with van der Waals surface area (Å²) in [5.74, 6) is 2.19. The van der Waals surface area contributed by atoms with Gasteiger partial charge in [0.1, 0.15) is 6.04 Å². The largest absolute Gasteiger partial charge is 0.384 e. The lowest BCUT2D eigenvalue weighted by Crippen LogP contribution is -2.56. The minimum atomic E-state index is -0.852. The molecule has 3 atom stereocenters. The van der Waals surface area contributed by atoms with E-state index in [2.05, 4.69) is 45.7 Å². The lowest BCUT2D eigenvalue weighted by atomic mass is 9.91. The van der Waals surface area contributed by atoms with Crippen molar-refractivity contribution in [2.24, 2.45) is 0 Å². The number of carbonyl (C=O) groups excluding carboxylic acids is 2. The van der Waals surface area contributed by atoms with E-state index in [9.17, 15) is 9.59 Å². The molecule has 2 aromatic carbocycles. The Kier molecular flexibility index (Phi) is 12.5. The van der Waals surface area contributed by atoms with Gasteiger partial charge in [-0.2, -0.15) is 0 Å². The summed E-state index contributed by atoms with van der Waals surface area (Å²) in [5.41, 5.74) is 5.87. The first-order valence-electron chi connectivity index (χ1n) is 13.6. The summed E-state index contributed by atoms with van der Waals surface area (Å²) >= 11 is 0. The van der Waals surface area contributed by atoms with Crippen LogP contribution in [0.5, 0.6) is 0 Å². The normalized spacial score (nSPS) is 17.4. The number of rotatable bonds is 11. The Balaban J connectivity index is 0.000000407. The van der Waals surface area contributed by atoms with Crippen molar-refractivity contribution in [1.29, 1.82) is 0 Å². The zero-order valence-electron chi connectivity index (χ0n) is 23.2. The van der Waals surface area contributed by atoms with Crippen molar-refractivity contribution in [3.63, 3.8) is 0 Å². The number of allylic oxidation sites excluding steroid dienone is 2. The third-order valence-electron chi connectivity index (χ3n) is 7.17. The fraction of sp³-hybridized carbons (Fsp3) is 0.375. The number of benzene rings is 2. The molecule has 2 aliphatic rings. The van der Waals surface area contributed by atoms with Gasteiger partial charge in [-0.15, -0.1) is 6.42 Å². The molecule has 2 aliphatic heterocycles. The Morgan fingerprint density at radius 1 is 1.23 bits per heavy atom. The summed E-state index contributed by atoms with van der Waals surface area (Å²) < 4.78 is 5.88. The van der Waals surface area contributed by atoms with Gasteiger partial charge in [-0.05, 0) is 73.6 Å². The molecule has 40 heavy (non-hydrogen) atoms. The standard InChI is InChI=1S/C24H30N2O5.C8H9N/c1-4-6-9-19(5-2)16-30-18(3)23(25-17-27)24(28)26-15-21-11-8-7-10-20(21)14-22(26)12-13-31-29;1-2-4-8-7(3-1)5-6-9-8/h1,5-11,17-18,22-23,29H,12-16H2,2-3H3,(H,25,27);1-4,9H,5-6H2/b9-6-,19-5+;/t18?,22-,23?;/m0./s1. The van der Waals surface area contributed by atoms with Crippen molar-refractivity contribution in [2.45, 2.75) is 57.8 Å². The van der Waals surface area contributed by atoms with Crippen LogP contribution in [-0.4, -0.2) is 60.4 Å². The number of ether oxygens (including phenoxy) is 1.